The number of aliphatic hydroxyl groups excluding tert-OH is 2. The number of hydrogen-bond acceptors (Lipinski definition) is 5. The Labute approximate surface area is 225 Å². The van der Waals surface area contributed by atoms with E-state index in [1.807, 2.05) is 53.4 Å². The maximum Gasteiger partial charge on any atom is 0.320 e. The average Bonchev–Trinajstić information content (AvgIpc) is 3.52. The second kappa shape index (κ2) is 12.1. The van der Waals surface area contributed by atoms with Crippen LogP contribution in [0.1, 0.15) is 51.0 Å². The Kier molecular flexibility index (Phi) is 8.87. The van der Waals surface area contributed by atoms with Crippen LogP contribution in [0, 0.1) is 5.41 Å². The van der Waals surface area contributed by atoms with Crippen molar-refractivity contribution in [3.05, 3.63) is 78.2 Å². The third-order valence-electron chi connectivity index (χ3n) is 7.10. The number of imidazole rings is 1. The lowest BCUT2D eigenvalue weighted by Gasteiger charge is -2.41. The molecule has 1 aliphatic heterocycles. The molecule has 3 atom stereocenters. The third-order valence-corrected chi connectivity index (χ3v) is 7.10. The quantitative estimate of drug-likeness (QED) is 0.398. The van der Waals surface area contributed by atoms with E-state index in [0.717, 1.165) is 22.6 Å². The van der Waals surface area contributed by atoms with Gasteiger partial charge in [0.25, 0.3) is 0 Å². The van der Waals surface area contributed by atoms with Gasteiger partial charge in [-0.15, -0.1) is 0 Å². The highest BCUT2D eigenvalue weighted by atomic mass is 16.3. The van der Waals surface area contributed by atoms with Crippen molar-refractivity contribution in [2.45, 2.75) is 58.3 Å². The van der Waals surface area contributed by atoms with Gasteiger partial charge in [-0.05, 0) is 23.8 Å². The van der Waals surface area contributed by atoms with Crippen molar-refractivity contribution in [1.29, 1.82) is 0 Å². The summed E-state index contributed by atoms with van der Waals surface area (Å²) in [4.78, 5) is 22.7. The van der Waals surface area contributed by atoms with E-state index >= 15 is 0 Å². The normalized spacial score (nSPS) is 17.4. The fourth-order valence-corrected chi connectivity index (χ4v) is 5.13. The first-order valence-electron chi connectivity index (χ1n) is 13.4. The van der Waals surface area contributed by atoms with Gasteiger partial charge in [-0.2, -0.15) is 0 Å². The van der Waals surface area contributed by atoms with E-state index in [9.17, 15) is 15.0 Å². The minimum Gasteiger partial charge on any atom is -0.395 e. The van der Waals surface area contributed by atoms with Gasteiger partial charge in [0.1, 0.15) is 5.82 Å². The van der Waals surface area contributed by atoms with E-state index < -0.39 is 12.1 Å². The number of rotatable bonds is 9. The molecule has 0 spiro atoms. The SMILES string of the molecule is CC(C)(C)[C@H](c1nc(-c2ccccc2)cn1Cc1ccccc1)N(CC[C@H](N)CO)C(=O)N1CC[C@@H](O)C1. The first-order valence-corrected chi connectivity index (χ1v) is 13.4. The molecule has 4 N–H and O–H groups in total. The molecule has 8 heteroatoms. The molecule has 8 nitrogen and oxygen atoms in total. The smallest absolute Gasteiger partial charge is 0.320 e. The van der Waals surface area contributed by atoms with Crippen molar-refractivity contribution >= 4 is 6.03 Å². The van der Waals surface area contributed by atoms with Crippen LogP contribution in [-0.4, -0.2) is 74.0 Å². The number of nitrogens with zero attached hydrogens (tertiary/aromatic N) is 4. The molecule has 0 aliphatic carbocycles. The number of benzene rings is 2. The van der Waals surface area contributed by atoms with Crippen LogP contribution < -0.4 is 5.73 Å². The lowest BCUT2D eigenvalue weighted by atomic mass is 9.84. The maximum absolute atomic E-state index is 14.0. The molecule has 1 aliphatic rings. The number of β-amino-alcohol motifs (C(OH)–C–C–N with tert-alkyl or cyclic N) is 1. The van der Waals surface area contributed by atoms with Crippen LogP contribution in [0.3, 0.4) is 0 Å². The standard InChI is InChI=1S/C30H41N5O3/c1-30(2,3)27(35(17-14-24(31)21-36)29(38)33-16-15-25(37)19-33)28-32-26(23-12-8-5-9-13-23)20-34(28)18-22-10-6-4-7-11-22/h4-13,20,24-25,27,36-37H,14-19,21,31H2,1-3H3/t24-,25+,27-/m0/s1. The molecular weight excluding hydrogens is 478 g/mol. The topological polar surface area (TPSA) is 108 Å². The van der Waals surface area contributed by atoms with E-state index in [-0.39, 0.29) is 24.1 Å². The molecule has 3 aromatic rings. The molecule has 0 radical (unpaired) electrons. The summed E-state index contributed by atoms with van der Waals surface area (Å²) in [5, 5.41) is 19.8. The van der Waals surface area contributed by atoms with Gasteiger partial charge >= 0.3 is 6.03 Å². The molecule has 2 aromatic carbocycles. The van der Waals surface area contributed by atoms with E-state index in [4.69, 9.17) is 10.7 Å². The van der Waals surface area contributed by atoms with Gasteiger partial charge in [-0.3, -0.25) is 0 Å². The molecule has 0 saturated carbocycles. The van der Waals surface area contributed by atoms with Crippen LogP contribution in [0.2, 0.25) is 0 Å². The monoisotopic (exact) mass is 519 g/mol. The van der Waals surface area contributed by atoms with Gasteiger partial charge < -0.3 is 30.3 Å². The predicted molar refractivity (Wildman–Crippen MR) is 149 cm³/mol. The van der Waals surface area contributed by atoms with Gasteiger partial charge in [0.2, 0.25) is 0 Å². The number of nitrogens with two attached hydrogens (primary N) is 1. The number of aromatic nitrogens is 2. The van der Waals surface area contributed by atoms with Crippen LogP contribution in [0.5, 0.6) is 0 Å². The Balaban J connectivity index is 1.81. The highest BCUT2D eigenvalue weighted by molar-refractivity contribution is 5.75. The Morgan fingerprint density at radius 1 is 1.13 bits per heavy atom. The minimum absolute atomic E-state index is 0.137. The lowest BCUT2D eigenvalue weighted by Crippen LogP contribution is -2.49. The van der Waals surface area contributed by atoms with E-state index in [1.54, 1.807) is 4.90 Å². The number of carbonyl (C=O) groups is 1. The van der Waals surface area contributed by atoms with Crippen molar-refractivity contribution in [3.8, 4) is 11.3 Å². The lowest BCUT2D eigenvalue weighted by molar-refractivity contribution is 0.0809. The summed E-state index contributed by atoms with van der Waals surface area (Å²) in [6.45, 7) is 8.01. The fraction of sp³-hybridized carbons (Fsp3) is 0.467. The molecule has 204 valence electrons. The Morgan fingerprint density at radius 2 is 1.79 bits per heavy atom. The zero-order valence-electron chi connectivity index (χ0n) is 22.7. The van der Waals surface area contributed by atoms with Crippen molar-refractivity contribution < 1.29 is 15.0 Å². The molecule has 2 heterocycles. The summed E-state index contributed by atoms with van der Waals surface area (Å²) in [5.74, 6) is 0.797. The van der Waals surface area contributed by atoms with Crippen molar-refractivity contribution in [1.82, 2.24) is 19.4 Å². The highest BCUT2D eigenvalue weighted by Crippen LogP contribution is 2.40. The number of likely N-dealkylation sites (tertiary alicyclic amines) is 1. The zero-order valence-corrected chi connectivity index (χ0v) is 22.7. The second-order valence-corrected chi connectivity index (χ2v) is 11.3. The van der Waals surface area contributed by atoms with Crippen LogP contribution in [0.25, 0.3) is 11.3 Å². The summed E-state index contributed by atoms with van der Waals surface area (Å²) < 4.78 is 2.15. The van der Waals surface area contributed by atoms with Crippen LogP contribution >= 0.6 is 0 Å². The third kappa shape index (κ3) is 6.62. The summed E-state index contributed by atoms with van der Waals surface area (Å²) in [7, 11) is 0. The molecule has 38 heavy (non-hydrogen) atoms. The number of aliphatic hydroxyl groups is 2. The first kappa shape index (κ1) is 27.8. The minimum atomic E-state index is -0.515. The van der Waals surface area contributed by atoms with E-state index in [1.165, 1.54) is 0 Å². The first-order chi connectivity index (χ1) is 18.2. The van der Waals surface area contributed by atoms with Crippen LogP contribution in [0.4, 0.5) is 4.79 Å². The molecule has 2 amide bonds. The number of hydrogen-bond donors (Lipinski definition) is 3. The van der Waals surface area contributed by atoms with Crippen LogP contribution in [-0.2, 0) is 6.54 Å². The number of carbonyl (C=O) groups excluding carboxylic acids is 1. The Hall–Kier alpha value is -3.20. The number of amides is 2. The fourth-order valence-electron chi connectivity index (χ4n) is 5.13. The largest absolute Gasteiger partial charge is 0.395 e. The predicted octanol–water partition coefficient (Wildman–Crippen LogP) is 3.88. The van der Waals surface area contributed by atoms with Gasteiger partial charge in [-0.25, -0.2) is 9.78 Å². The summed E-state index contributed by atoms with van der Waals surface area (Å²) in [6, 6.07) is 19.3. The molecule has 0 bridgehead atoms. The van der Waals surface area contributed by atoms with Crippen molar-refractivity contribution in [3.63, 3.8) is 0 Å². The highest BCUT2D eigenvalue weighted by Gasteiger charge is 2.41. The van der Waals surface area contributed by atoms with E-state index in [0.29, 0.717) is 39.0 Å². The van der Waals surface area contributed by atoms with Gasteiger partial charge in [-0.1, -0.05) is 81.4 Å². The van der Waals surface area contributed by atoms with Gasteiger partial charge in [0.05, 0.1) is 24.4 Å². The maximum atomic E-state index is 14.0. The summed E-state index contributed by atoms with van der Waals surface area (Å²) in [6.07, 6.45) is 2.57. The molecule has 0 unspecified atom stereocenters. The summed E-state index contributed by atoms with van der Waals surface area (Å²) in [5.41, 5.74) is 8.72. The van der Waals surface area contributed by atoms with Crippen molar-refractivity contribution in [2.24, 2.45) is 11.1 Å². The summed E-state index contributed by atoms with van der Waals surface area (Å²) >= 11 is 0. The average molecular weight is 520 g/mol. The van der Waals surface area contributed by atoms with Gasteiger partial charge in [0, 0.05) is 44.0 Å². The second-order valence-electron chi connectivity index (χ2n) is 11.3. The molecule has 1 fully saturated rings. The van der Waals surface area contributed by atoms with Crippen molar-refractivity contribution in [2.75, 3.05) is 26.2 Å². The van der Waals surface area contributed by atoms with E-state index in [2.05, 4.69) is 43.7 Å². The molecular formula is C30H41N5O3. The Bertz CT molecular complexity index is 1180. The Morgan fingerprint density at radius 3 is 2.37 bits per heavy atom. The number of urea groups is 1. The zero-order chi connectivity index (χ0) is 27.3. The molecule has 1 aromatic heterocycles. The van der Waals surface area contributed by atoms with Crippen LogP contribution in [0.15, 0.2) is 66.9 Å². The molecule has 4 rings (SSSR count). The van der Waals surface area contributed by atoms with Gasteiger partial charge in [0.15, 0.2) is 0 Å². The molecule has 1 saturated heterocycles.